The number of nitrogens with one attached hydrogen (secondary N) is 3. The first-order valence-electron chi connectivity index (χ1n) is 9.25. The van der Waals surface area contributed by atoms with Crippen molar-refractivity contribution in [2.75, 3.05) is 27.2 Å². The molecule has 4 atom stereocenters. The van der Waals surface area contributed by atoms with Gasteiger partial charge in [-0.1, -0.05) is 5.21 Å². The topological polar surface area (TPSA) is 68.7 Å². The molecule has 0 aromatic carbocycles. The fourth-order valence-electron chi connectivity index (χ4n) is 4.31. The Morgan fingerprint density at radius 3 is 2.92 bits per heavy atom. The van der Waals surface area contributed by atoms with Gasteiger partial charge in [0.2, 0.25) is 5.91 Å². The first-order chi connectivity index (χ1) is 11.4. The predicted molar refractivity (Wildman–Crippen MR) is 90.5 cm³/mol. The Labute approximate surface area is 144 Å². The second kappa shape index (κ2) is 7.19. The summed E-state index contributed by atoms with van der Waals surface area (Å²) >= 11 is 0. The maximum absolute atomic E-state index is 12.4. The summed E-state index contributed by atoms with van der Waals surface area (Å²) in [6, 6.07) is 0.791. The Hall–Kier alpha value is -1.47. The van der Waals surface area contributed by atoms with Crippen molar-refractivity contribution >= 4 is 5.91 Å². The number of carbonyl (C=O) groups excluding carboxylic acids is 1. The smallest absolute Gasteiger partial charge is 0.229 e. The maximum atomic E-state index is 12.4. The number of piperidine rings is 3. The average Bonchev–Trinajstić information content (AvgIpc) is 2.93. The van der Waals surface area contributed by atoms with E-state index >= 15 is 0 Å². The summed E-state index contributed by atoms with van der Waals surface area (Å²) in [5.41, 5.74) is 1.05. The number of amides is 1. The third-order valence-corrected chi connectivity index (χ3v) is 5.35. The van der Waals surface area contributed by atoms with Crippen LogP contribution >= 0.6 is 0 Å². The molecule has 24 heavy (non-hydrogen) atoms. The molecule has 3 N–H and O–H groups in total. The predicted octanol–water partition coefficient (Wildman–Crippen LogP) is -2.26. The number of hydrogen-bond donors (Lipinski definition) is 3. The molecule has 1 aromatic rings. The van der Waals surface area contributed by atoms with Gasteiger partial charge >= 0.3 is 0 Å². The Bertz CT molecular complexity index is 569. The fraction of sp³-hybridized carbons (Fsp3) is 0.824. The standard InChI is InChI=1S/C17H30N6O/c1-12(2)18-17(24)16-11-22-6-5-13(16)7-15(22)10-23-9-14(19-20-23)8-21(3)4/h9,12-13,15-16H,5-8,10-11H2,1-4H3,(H,18,24)/p+2/t13-,15-,16+/m1/s1. The lowest BCUT2D eigenvalue weighted by Gasteiger charge is -2.46. The molecule has 134 valence electrons. The van der Waals surface area contributed by atoms with E-state index in [4.69, 9.17) is 0 Å². The van der Waals surface area contributed by atoms with E-state index in [0.29, 0.717) is 12.0 Å². The van der Waals surface area contributed by atoms with E-state index < -0.39 is 0 Å². The number of quaternary nitrogens is 2. The molecule has 0 spiro atoms. The van der Waals surface area contributed by atoms with Gasteiger partial charge in [0, 0.05) is 18.9 Å². The summed E-state index contributed by atoms with van der Waals surface area (Å²) in [4.78, 5) is 15.3. The van der Waals surface area contributed by atoms with Crippen LogP contribution in [0.3, 0.4) is 0 Å². The van der Waals surface area contributed by atoms with Gasteiger partial charge in [0.15, 0.2) is 0 Å². The highest BCUT2D eigenvalue weighted by molar-refractivity contribution is 5.79. The first kappa shape index (κ1) is 17.4. The summed E-state index contributed by atoms with van der Waals surface area (Å²) in [6.07, 6.45) is 4.38. The molecule has 0 radical (unpaired) electrons. The van der Waals surface area contributed by atoms with Gasteiger partial charge in [-0.15, -0.1) is 5.10 Å². The average molecular weight is 336 g/mol. The number of aromatic nitrogens is 3. The van der Waals surface area contributed by atoms with Crippen LogP contribution in [-0.4, -0.2) is 60.2 Å². The Kier molecular flexibility index (Phi) is 5.20. The molecule has 2 bridgehead atoms. The molecule has 7 heteroatoms. The van der Waals surface area contributed by atoms with Crippen LogP contribution in [0.5, 0.6) is 0 Å². The minimum atomic E-state index is 0.191. The highest BCUT2D eigenvalue weighted by Gasteiger charge is 2.46. The van der Waals surface area contributed by atoms with Crippen molar-refractivity contribution in [1.29, 1.82) is 0 Å². The zero-order valence-corrected chi connectivity index (χ0v) is 15.4. The highest BCUT2D eigenvalue weighted by Crippen LogP contribution is 2.27. The fourth-order valence-corrected chi connectivity index (χ4v) is 4.31. The number of nitrogens with zero attached hydrogens (tertiary/aromatic N) is 3. The van der Waals surface area contributed by atoms with Crippen LogP contribution < -0.4 is 15.1 Å². The molecule has 0 saturated carbocycles. The first-order valence-corrected chi connectivity index (χ1v) is 9.25. The molecule has 3 fully saturated rings. The van der Waals surface area contributed by atoms with Gasteiger partial charge in [0.1, 0.15) is 18.3 Å². The molecule has 7 nitrogen and oxygen atoms in total. The number of fused-ring (bicyclic) bond motifs is 3. The van der Waals surface area contributed by atoms with E-state index in [9.17, 15) is 4.79 Å². The van der Waals surface area contributed by atoms with E-state index in [0.717, 1.165) is 31.7 Å². The number of carbonyl (C=O) groups is 1. The second-order valence-corrected chi connectivity index (χ2v) is 8.18. The molecule has 4 rings (SSSR count). The van der Waals surface area contributed by atoms with Crippen LogP contribution in [0.1, 0.15) is 32.4 Å². The third kappa shape index (κ3) is 3.95. The lowest BCUT2D eigenvalue weighted by atomic mass is 9.75. The number of hydrogen-bond acceptors (Lipinski definition) is 3. The van der Waals surface area contributed by atoms with Crippen LogP contribution in [0, 0.1) is 11.8 Å². The van der Waals surface area contributed by atoms with Crippen LogP contribution in [0.15, 0.2) is 6.20 Å². The van der Waals surface area contributed by atoms with E-state index in [1.807, 2.05) is 18.5 Å². The lowest BCUT2D eigenvalue weighted by molar-refractivity contribution is -0.945. The zero-order valence-electron chi connectivity index (χ0n) is 15.4. The Balaban J connectivity index is 1.58. The van der Waals surface area contributed by atoms with Crippen molar-refractivity contribution in [3.63, 3.8) is 0 Å². The summed E-state index contributed by atoms with van der Waals surface area (Å²) in [5, 5.41) is 11.7. The third-order valence-electron chi connectivity index (χ3n) is 5.35. The van der Waals surface area contributed by atoms with E-state index in [-0.39, 0.29) is 17.9 Å². The second-order valence-electron chi connectivity index (χ2n) is 8.18. The Morgan fingerprint density at radius 1 is 1.50 bits per heavy atom. The van der Waals surface area contributed by atoms with E-state index in [2.05, 4.69) is 35.9 Å². The molecular weight excluding hydrogens is 304 g/mol. The van der Waals surface area contributed by atoms with Gasteiger partial charge in [0.05, 0.1) is 45.8 Å². The van der Waals surface area contributed by atoms with Gasteiger partial charge in [-0.05, 0) is 19.8 Å². The van der Waals surface area contributed by atoms with Gasteiger partial charge in [-0.3, -0.25) is 4.79 Å². The van der Waals surface area contributed by atoms with Gasteiger partial charge in [-0.2, -0.15) is 0 Å². The summed E-state index contributed by atoms with van der Waals surface area (Å²) in [5.74, 6) is 0.971. The van der Waals surface area contributed by atoms with Crippen molar-refractivity contribution < 1.29 is 14.6 Å². The minimum Gasteiger partial charge on any atom is -0.353 e. The molecule has 3 saturated heterocycles. The largest absolute Gasteiger partial charge is 0.353 e. The monoisotopic (exact) mass is 336 g/mol. The van der Waals surface area contributed by atoms with Crippen LogP contribution in [0.4, 0.5) is 0 Å². The summed E-state index contributed by atoms with van der Waals surface area (Å²) in [6.45, 7) is 8.04. The number of rotatable bonds is 6. The SMILES string of the molecule is CC(C)NC(=O)[C@H]1C[NH+]2CC[C@@H]1C[C@@H]2Cn1cc(C[NH+](C)C)nn1. The molecule has 1 aromatic heterocycles. The quantitative estimate of drug-likeness (QED) is 0.549. The van der Waals surface area contributed by atoms with Crippen molar-refractivity contribution in [1.82, 2.24) is 20.3 Å². The van der Waals surface area contributed by atoms with Gasteiger partial charge < -0.3 is 15.1 Å². The molecule has 3 aliphatic heterocycles. The lowest BCUT2D eigenvalue weighted by Crippen LogP contribution is -3.20. The van der Waals surface area contributed by atoms with E-state index in [1.54, 1.807) is 4.90 Å². The molecule has 3 aliphatic rings. The van der Waals surface area contributed by atoms with Gasteiger partial charge in [0.25, 0.3) is 0 Å². The van der Waals surface area contributed by atoms with Gasteiger partial charge in [-0.25, -0.2) is 4.68 Å². The molecule has 1 amide bonds. The zero-order chi connectivity index (χ0) is 17.3. The molecule has 1 unspecified atom stereocenters. The summed E-state index contributed by atoms with van der Waals surface area (Å²) in [7, 11) is 4.24. The van der Waals surface area contributed by atoms with Crippen molar-refractivity contribution in [3.8, 4) is 0 Å². The van der Waals surface area contributed by atoms with Crippen LogP contribution in [-0.2, 0) is 17.9 Å². The van der Waals surface area contributed by atoms with Crippen molar-refractivity contribution in [2.24, 2.45) is 11.8 Å². The van der Waals surface area contributed by atoms with Crippen molar-refractivity contribution in [2.45, 2.75) is 51.9 Å². The molecule has 4 heterocycles. The Morgan fingerprint density at radius 2 is 2.29 bits per heavy atom. The minimum absolute atomic E-state index is 0.191. The van der Waals surface area contributed by atoms with Crippen LogP contribution in [0.25, 0.3) is 0 Å². The summed E-state index contributed by atoms with van der Waals surface area (Å²) < 4.78 is 2.00. The van der Waals surface area contributed by atoms with Crippen molar-refractivity contribution in [3.05, 3.63) is 11.9 Å². The molecule has 0 aliphatic carbocycles. The van der Waals surface area contributed by atoms with Crippen LogP contribution in [0.2, 0.25) is 0 Å². The molecular formula is C17H32N6O+2. The maximum Gasteiger partial charge on any atom is 0.229 e. The highest BCUT2D eigenvalue weighted by atomic mass is 16.2. The van der Waals surface area contributed by atoms with E-state index in [1.165, 1.54) is 17.9 Å². The normalized spacial score (nSPS) is 29.4.